The van der Waals surface area contributed by atoms with Gasteiger partial charge in [-0.25, -0.2) is 9.97 Å². The fourth-order valence-corrected chi connectivity index (χ4v) is 8.08. The number of aryl methyl sites for hydroxylation is 2. The fraction of sp³-hybridized carbons (Fsp3) is 0.0400. The minimum atomic E-state index is 0.904. The molecule has 4 nitrogen and oxygen atoms in total. The number of nitrogens with zero attached hydrogens (tertiary/aromatic N) is 2. The van der Waals surface area contributed by atoms with Crippen LogP contribution in [-0.4, -0.2) is 9.97 Å². The summed E-state index contributed by atoms with van der Waals surface area (Å²) in [5.74, 6) is 0. The van der Waals surface area contributed by atoms with Crippen molar-refractivity contribution in [3.63, 3.8) is 0 Å². The van der Waals surface area contributed by atoms with Crippen molar-refractivity contribution in [2.45, 2.75) is 13.8 Å². The van der Waals surface area contributed by atoms with Crippen molar-refractivity contribution in [3.05, 3.63) is 169 Å². The number of pyridine rings is 2. The summed E-state index contributed by atoms with van der Waals surface area (Å²) in [6.07, 6.45) is 0. The molecule has 0 aliphatic carbocycles. The summed E-state index contributed by atoms with van der Waals surface area (Å²) in [7, 11) is 0. The molecule has 11 rings (SSSR count). The molecule has 0 amide bonds. The maximum Gasteiger partial charge on any atom is 0.135 e. The van der Waals surface area contributed by atoms with E-state index in [9.17, 15) is 0 Å². The van der Waals surface area contributed by atoms with Gasteiger partial charge in [0.25, 0.3) is 0 Å². The number of hydrogen-bond acceptors (Lipinski definition) is 4. The van der Waals surface area contributed by atoms with Gasteiger partial charge in [0.2, 0.25) is 0 Å². The molecule has 4 aromatic heterocycles. The summed E-state index contributed by atoms with van der Waals surface area (Å²) < 4.78 is 12.1. The first-order chi connectivity index (χ1) is 26.5. The molecule has 54 heavy (non-hydrogen) atoms. The first-order valence-electron chi connectivity index (χ1n) is 18.3. The normalized spacial score (nSPS) is 11.9. The number of rotatable bonds is 4. The highest BCUT2D eigenvalue weighted by molar-refractivity contribution is 6.08. The van der Waals surface area contributed by atoms with Crippen molar-refractivity contribution < 1.29 is 8.83 Å². The summed E-state index contributed by atoms with van der Waals surface area (Å²) in [6.45, 7) is 4.33. The van der Waals surface area contributed by atoms with Gasteiger partial charge in [-0.2, -0.15) is 0 Å². The third kappa shape index (κ3) is 4.84. The van der Waals surface area contributed by atoms with Gasteiger partial charge >= 0.3 is 0 Å². The lowest BCUT2D eigenvalue weighted by atomic mass is 9.97. The highest BCUT2D eigenvalue weighted by Gasteiger charge is 2.15. The SMILES string of the molecule is Cc1cc2c(C)cc(-c3ccc(-c4ccc5oc6ccccc6c5c4)cc3)nc2c2nc(-c3ccc(-c4ccc5oc6ccccc6c5c4)cc3)ccc12. The Morgan fingerprint density at radius 2 is 0.759 bits per heavy atom. The minimum Gasteiger partial charge on any atom is -0.456 e. The number of para-hydroxylation sites is 2. The zero-order valence-electron chi connectivity index (χ0n) is 29.7. The van der Waals surface area contributed by atoms with E-state index in [0.717, 1.165) is 110 Å². The van der Waals surface area contributed by atoms with Crippen LogP contribution in [0.15, 0.2) is 167 Å². The van der Waals surface area contributed by atoms with Crippen LogP contribution in [0.4, 0.5) is 0 Å². The zero-order chi connectivity index (χ0) is 35.9. The van der Waals surface area contributed by atoms with Crippen LogP contribution in [0, 0.1) is 13.8 Å². The van der Waals surface area contributed by atoms with Crippen LogP contribution in [0.5, 0.6) is 0 Å². The summed E-state index contributed by atoms with van der Waals surface area (Å²) in [5.41, 5.74) is 16.5. The first-order valence-corrected chi connectivity index (χ1v) is 18.3. The van der Waals surface area contributed by atoms with Crippen LogP contribution >= 0.6 is 0 Å². The Balaban J connectivity index is 0.951. The number of fused-ring (bicyclic) bond motifs is 9. The van der Waals surface area contributed by atoms with Crippen molar-refractivity contribution in [2.24, 2.45) is 0 Å². The van der Waals surface area contributed by atoms with E-state index < -0.39 is 0 Å². The molecule has 0 bridgehead atoms. The lowest BCUT2D eigenvalue weighted by Gasteiger charge is -2.13. The van der Waals surface area contributed by atoms with Gasteiger partial charge in [-0.15, -0.1) is 0 Å². The quantitative estimate of drug-likeness (QED) is 0.172. The van der Waals surface area contributed by atoms with E-state index in [1.807, 2.05) is 24.3 Å². The standard InChI is InChI=1S/C50H32N2O2/c1-29-25-40-30(2)26-44(34-17-13-32(14-18-34)36-20-24-48-42(28-36)39-8-4-6-10-46(39)54-48)52-50(40)49-37(29)21-22-43(51-49)33-15-11-31(12-16-33)35-19-23-47-41(27-35)38-7-3-5-9-45(38)53-47/h3-28H,1-2H3. The largest absolute Gasteiger partial charge is 0.456 e. The van der Waals surface area contributed by atoms with E-state index >= 15 is 0 Å². The molecular formula is C50H32N2O2. The Bertz CT molecular complexity index is 3270. The predicted octanol–water partition coefficient (Wildman–Crippen LogP) is 13.9. The Morgan fingerprint density at radius 3 is 1.35 bits per heavy atom. The summed E-state index contributed by atoms with van der Waals surface area (Å²) in [5, 5.41) is 6.77. The fourth-order valence-electron chi connectivity index (χ4n) is 8.08. The molecule has 4 heteroatoms. The van der Waals surface area contributed by atoms with E-state index in [1.165, 1.54) is 11.1 Å². The van der Waals surface area contributed by atoms with E-state index in [4.69, 9.17) is 18.8 Å². The van der Waals surface area contributed by atoms with Gasteiger partial charge in [0.1, 0.15) is 22.3 Å². The van der Waals surface area contributed by atoms with Crippen LogP contribution in [0.25, 0.3) is 110 Å². The Kier molecular flexibility index (Phi) is 6.65. The molecule has 0 saturated heterocycles. The summed E-state index contributed by atoms with van der Waals surface area (Å²) >= 11 is 0. The maximum absolute atomic E-state index is 6.06. The van der Waals surface area contributed by atoms with E-state index in [1.54, 1.807) is 0 Å². The number of aromatic nitrogens is 2. The van der Waals surface area contributed by atoms with Crippen LogP contribution in [0.3, 0.4) is 0 Å². The van der Waals surface area contributed by atoms with Gasteiger partial charge in [0.05, 0.1) is 22.4 Å². The van der Waals surface area contributed by atoms with Gasteiger partial charge in [-0.05, 0) is 102 Å². The lowest BCUT2D eigenvalue weighted by molar-refractivity contribution is 0.668. The van der Waals surface area contributed by atoms with Crippen molar-refractivity contribution in [1.82, 2.24) is 9.97 Å². The molecule has 4 heterocycles. The lowest BCUT2D eigenvalue weighted by Crippen LogP contribution is -1.95. The van der Waals surface area contributed by atoms with E-state index in [-0.39, 0.29) is 0 Å². The van der Waals surface area contributed by atoms with Crippen LogP contribution in [0.2, 0.25) is 0 Å². The maximum atomic E-state index is 6.06. The van der Waals surface area contributed by atoms with Gasteiger partial charge in [0, 0.05) is 43.4 Å². The average molecular weight is 693 g/mol. The number of hydrogen-bond donors (Lipinski definition) is 0. The second kappa shape index (κ2) is 11.7. The molecule has 0 fully saturated rings. The van der Waals surface area contributed by atoms with Crippen molar-refractivity contribution in [1.29, 1.82) is 0 Å². The third-order valence-corrected chi connectivity index (χ3v) is 11.0. The molecule has 0 N–H and O–H groups in total. The van der Waals surface area contributed by atoms with Gasteiger partial charge in [0.15, 0.2) is 0 Å². The smallest absolute Gasteiger partial charge is 0.135 e. The molecule has 7 aromatic carbocycles. The molecule has 0 aliphatic heterocycles. The molecule has 0 radical (unpaired) electrons. The van der Waals surface area contributed by atoms with Gasteiger partial charge in [-0.1, -0.05) is 103 Å². The van der Waals surface area contributed by atoms with Crippen LogP contribution < -0.4 is 0 Å². The van der Waals surface area contributed by atoms with E-state index in [2.05, 4.69) is 147 Å². The third-order valence-electron chi connectivity index (χ3n) is 11.0. The topological polar surface area (TPSA) is 52.1 Å². The first kappa shape index (κ1) is 30.6. The van der Waals surface area contributed by atoms with Crippen molar-refractivity contribution >= 4 is 65.7 Å². The highest BCUT2D eigenvalue weighted by Crippen LogP contribution is 2.37. The predicted molar refractivity (Wildman–Crippen MR) is 223 cm³/mol. The average Bonchev–Trinajstić information content (AvgIpc) is 3.79. The van der Waals surface area contributed by atoms with E-state index in [0.29, 0.717) is 0 Å². The molecule has 11 aromatic rings. The Morgan fingerprint density at radius 1 is 0.315 bits per heavy atom. The Hall–Kier alpha value is -7.04. The molecular weight excluding hydrogens is 661 g/mol. The second-order valence-corrected chi connectivity index (χ2v) is 14.3. The van der Waals surface area contributed by atoms with Crippen molar-refractivity contribution in [3.8, 4) is 44.8 Å². The molecule has 0 spiro atoms. The molecule has 0 saturated carbocycles. The van der Waals surface area contributed by atoms with Gasteiger partial charge < -0.3 is 8.83 Å². The zero-order valence-corrected chi connectivity index (χ0v) is 29.7. The summed E-state index contributed by atoms with van der Waals surface area (Å²) in [4.78, 5) is 10.6. The van der Waals surface area contributed by atoms with Gasteiger partial charge in [-0.3, -0.25) is 0 Å². The highest BCUT2D eigenvalue weighted by atomic mass is 16.3. The molecule has 0 aliphatic rings. The molecule has 0 atom stereocenters. The monoisotopic (exact) mass is 692 g/mol. The van der Waals surface area contributed by atoms with Crippen LogP contribution in [0.1, 0.15) is 11.1 Å². The summed E-state index contributed by atoms with van der Waals surface area (Å²) in [6, 6.07) is 55.4. The van der Waals surface area contributed by atoms with Crippen molar-refractivity contribution in [2.75, 3.05) is 0 Å². The van der Waals surface area contributed by atoms with Crippen LogP contribution in [-0.2, 0) is 0 Å². The molecule has 0 unspecified atom stereocenters. The number of furan rings is 2. The Labute approximate surface area is 311 Å². The number of benzene rings is 7. The second-order valence-electron chi connectivity index (χ2n) is 14.3. The minimum absolute atomic E-state index is 0.904. The molecule has 254 valence electrons.